The molecule has 0 bridgehead atoms. The molecule has 0 aliphatic carbocycles. The number of ether oxygens (including phenoxy) is 1. The molecule has 6 rings (SSSR count). The Morgan fingerprint density at radius 3 is 1.74 bits per heavy atom. The van der Waals surface area contributed by atoms with E-state index < -0.39 is 4.92 Å². The molecule has 0 aliphatic heterocycles. The van der Waals surface area contributed by atoms with Crippen molar-refractivity contribution in [2.75, 3.05) is 0 Å². The lowest BCUT2D eigenvalue weighted by atomic mass is 10.1. The Hall–Kier alpha value is -5.50. The van der Waals surface area contributed by atoms with Crippen LogP contribution in [0.2, 0.25) is 0 Å². The van der Waals surface area contributed by atoms with Crippen LogP contribution in [0.1, 0.15) is 0 Å². The Bertz CT molecular complexity index is 1970. The number of nitrogens with zero attached hydrogens (tertiary/aromatic N) is 1. The highest BCUT2D eigenvalue weighted by Crippen LogP contribution is 2.36. The van der Waals surface area contributed by atoms with Gasteiger partial charge in [0.25, 0.3) is 0 Å². The molecule has 184 valence electrons. The highest BCUT2D eigenvalue weighted by molar-refractivity contribution is 5.80. The van der Waals surface area contributed by atoms with Crippen LogP contribution in [-0.4, -0.2) is 4.92 Å². The maximum absolute atomic E-state index is 12.5. The summed E-state index contributed by atoms with van der Waals surface area (Å²) in [6, 6.07) is 27.5. The van der Waals surface area contributed by atoms with Gasteiger partial charge in [-0.3, -0.25) is 19.7 Å². The molecule has 0 radical (unpaired) electrons. The Morgan fingerprint density at radius 1 is 0.632 bits per heavy atom. The van der Waals surface area contributed by atoms with Crippen LogP contribution in [-0.2, 0) is 0 Å². The molecule has 2 heterocycles. The molecule has 4 aromatic carbocycles. The lowest BCUT2D eigenvalue weighted by Gasteiger charge is -2.09. The molecule has 0 saturated heterocycles. The summed E-state index contributed by atoms with van der Waals surface area (Å²) < 4.78 is 17.5. The van der Waals surface area contributed by atoms with Gasteiger partial charge in [0, 0.05) is 29.3 Å². The van der Waals surface area contributed by atoms with E-state index in [1.807, 2.05) is 0 Å². The van der Waals surface area contributed by atoms with E-state index in [9.17, 15) is 19.7 Å². The summed E-state index contributed by atoms with van der Waals surface area (Å²) in [5.74, 6) is 0.980. The van der Waals surface area contributed by atoms with Crippen molar-refractivity contribution in [1.29, 1.82) is 0 Å². The van der Waals surface area contributed by atoms with E-state index in [1.54, 1.807) is 78.9 Å². The Balaban J connectivity index is 1.31. The third-order valence-electron chi connectivity index (χ3n) is 6.08. The molecule has 0 atom stereocenters. The second kappa shape index (κ2) is 9.18. The van der Waals surface area contributed by atoms with Gasteiger partial charge < -0.3 is 13.6 Å². The summed E-state index contributed by atoms with van der Waals surface area (Å²) in [7, 11) is 0. The van der Waals surface area contributed by atoms with Crippen LogP contribution in [0.5, 0.6) is 11.5 Å². The van der Waals surface area contributed by atoms with Gasteiger partial charge >= 0.3 is 5.69 Å². The first-order valence-corrected chi connectivity index (χ1v) is 11.6. The largest absolute Gasteiger partial charge is 0.456 e. The second-order valence-corrected chi connectivity index (χ2v) is 8.51. The number of benzene rings is 4. The molecular weight excluding hydrogens is 486 g/mol. The zero-order valence-electron chi connectivity index (χ0n) is 19.6. The zero-order valence-corrected chi connectivity index (χ0v) is 19.6. The van der Waals surface area contributed by atoms with Crippen molar-refractivity contribution in [1.82, 2.24) is 0 Å². The van der Waals surface area contributed by atoms with Gasteiger partial charge in [-0.05, 0) is 60.7 Å². The van der Waals surface area contributed by atoms with Crippen LogP contribution >= 0.6 is 0 Å². The van der Waals surface area contributed by atoms with Crippen molar-refractivity contribution >= 4 is 27.6 Å². The first kappa shape index (κ1) is 22.9. The Morgan fingerprint density at radius 2 is 1.16 bits per heavy atom. The average Bonchev–Trinajstić information content (AvgIpc) is 2.93. The minimum Gasteiger partial charge on any atom is -0.456 e. The molecule has 0 amide bonds. The van der Waals surface area contributed by atoms with Crippen molar-refractivity contribution in [3.63, 3.8) is 0 Å². The highest BCUT2D eigenvalue weighted by atomic mass is 16.6. The third-order valence-corrected chi connectivity index (χ3v) is 6.08. The van der Waals surface area contributed by atoms with E-state index in [1.165, 1.54) is 24.3 Å². The van der Waals surface area contributed by atoms with Gasteiger partial charge in [0.2, 0.25) is 5.75 Å². The Kier molecular flexibility index (Phi) is 5.54. The summed E-state index contributed by atoms with van der Waals surface area (Å²) in [6.07, 6.45) is 0. The number of para-hydroxylation sites is 2. The molecule has 0 saturated carbocycles. The fourth-order valence-corrected chi connectivity index (χ4v) is 4.21. The fraction of sp³-hybridized carbons (Fsp3) is 0. The first-order chi connectivity index (χ1) is 18.5. The van der Waals surface area contributed by atoms with E-state index >= 15 is 0 Å². The van der Waals surface area contributed by atoms with Crippen LogP contribution in [0.25, 0.3) is 44.6 Å². The lowest BCUT2D eigenvalue weighted by Crippen LogP contribution is -2.00. The maximum atomic E-state index is 12.5. The Labute approximate surface area is 214 Å². The van der Waals surface area contributed by atoms with Gasteiger partial charge in [0.05, 0.1) is 15.7 Å². The highest BCUT2D eigenvalue weighted by Gasteiger charge is 2.19. The van der Waals surface area contributed by atoms with Crippen LogP contribution < -0.4 is 15.6 Å². The minimum atomic E-state index is -0.559. The number of nitro benzene ring substituents is 1. The van der Waals surface area contributed by atoms with Gasteiger partial charge in [-0.1, -0.05) is 24.3 Å². The van der Waals surface area contributed by atoms with E-state index in [-0.39, 0.29) is 28.1 Å². The molecule has 38 heavy (non-hydrogen) atoms. The van der Waals surface area contributed by atoms with Gasteiger partial charge in [-0.2, -0.15) is 0 Å². The minimum absolute atomic E-state index is 0.0203. The second-order valence-electron chi connectivity index (χ2n) is 8.51. The summed E-state index contributed by atoms with van der Waals surface area (Å²) in [4.78, 5) is 36.2. The topological polar surface area (TPSA) is 113 Å². The summed E-state index contributed by atoms with van der Waals surface area (Å²) in [5, 5.41) is 12.8. The van der Waals surface area contributed by atoms with E-state index in [2.05, 4.69) is 0 Å². The van der Waals surface area contributed by atoms with E-state index in [4.69, 9.17) is 13.6 Å². The summed E-state index contributed by atoms with van der Waals surface area (Å²) in [5.41, 5.74) is 1.20. The number of hydrogen-bond donors (Lipinski definition) is 0. The summed E-state index contributed by atoms with van der Waals surface area (Å²) in [6.45, 7) is 0. The fourth-order valence-electron chi connectivity index (χ4n) is 4.21. The number of fused-ring (bicyclic) bond motifs is 2. The van der Waals surface area contributed by atoms with Gasteiger partial charge in [-0.15, -0.1) is 0 Å². The standard InChI is InChI=1S/C30H17NO7/c32-24-16-29(37-26-7-3-1-5-21(24)26)18-9-12-20(13-10-18)36-28-14-11-19(15-23(28)31(34)35)30-17-25(33)22-6-2-4-8-27(22)38-30/h1-17H. The van der Waals surface area contributed by atoms with Crippen molar-refractivity contribution in [2.24, 2.45) is 0 Å². The molecule has 0 spiro atoms. The predicted molar refractivity (Wildman–Crippen MR) is 143 cm³/mol. The van der Waals surface area contributed by atoms with Gasteiger partial charge in [0.15, 0.2) is 10.9 Å². The average molecular weight is 503 g/mol. The smallest absolute Gasteiger partial charge is 0.312 e. The predicted octanol–water partition coefficient (Wildman–Crippen LogP) is 6.93. The molecule has 2 aromatic heterocycles. The first-order valence-electron chi connectivity index (χ1n) is 11.6. The van der Waals surface area contributed by atoms with Crippen LogP contribution in [0.15, 0.2) is 122 Å². The zero-order chi connectivity index (χ0) is 26.2. The van der Waals surface area contributed by atoms with Crippen LogP contribution in [0.4, 0.5) is 5.69 Å². The normalized spacial score (nSPS) is 11.1. The van der Waals surface area contributed by atoms with Crippen molar-refractivity contribution in [3.8, 4) is 34.1 Å². The van der Waals surface area contributed by atoms with Gasteiger partial charge in [0.1, 0.15) is 28.4 Å². The van der Waals surface area contributed by atoms with E-state index in [0.29, 0.717) is 44.6 Å². The molecule has 0 N–H and O–H groups in total. The molecule has 6 aromatic rings. The molecule has 0 unspecified atom stereocenters. The third kappa shape index (κ3) is 4.20. The van der Waals surface area contributed by atoms with Crippen molar-refractivity contribution < 1.29 is 18.5 Å². The van der Waals surface area contributed by atoms with Crippen LogP contribution in [0, 0.1) is 10.1 Å². The number of rotatable bonds is 5. The molecule has 8 heteroatoms. The van der Waals surface area contributed by atoms with Crippen LogP contribution in [0.3, 0.4) is 0 Å². The number of nitro groups is 1. The molecule has 0 fully saturated rings. The molecule has 0 aliphatic rings. The monoisotopic (exact) mass is 503 g/mol. The number of hydrogen-bond acceptors (Lipinski definition) is 7. The van der Waals surface area contributed by atoms with Crippen molar-refractivity contribution in [2.45, 2.75) is 0 Å². The van der Waals surface area contributed by atoms with Crippen molar-refractivity contribution in [3.05, 3.63) is 134 Å². The summed E-state index contributed by atoms with van der Waals surface area (Å²) >= 11 is 0. The lowest BCUT2D eigenvalue weighted by molar-refractivity contribution is -0.385. The van der Waals surface area contributed by atoms with E-state index in [0.717, 1.165) is 0 Å². The maximum Gasteiger partial charge on any atom is 0.312 e. The molecular formula is C30H17NO7. The van der Waals surface area contributed by atoms with Gasteiger partial charge in [-0.25, -0.2) is 0 Å². The molecule has 8 nitrogen and oxygen atoms in total. The SMILES string of the molecule is O=c1cc(-c2ccc(Oc3ccc(-c4cc(=O)c5ccccc5o4)cc3[N+](=O)[O-])cc2)oc2ccccc12. The quantitative estimate of drug-likeness (QED) is 0.185.